The van der Waals surface area contributed by atoms with Crippen LogP contribution in [0.3, 0.4) is 0 Å². The van der Waals surface area contributed by atoms with Crippen LogP contribution in [0.2, 0.25) is 0 Å². The zero-order valence-electron chi connectivity index (χ0n) is 30.9. The fourth-order valence-electron chi connectivity index (χ4n) is 9.35. The number of fused-ring (bicyclic) bond motifs is 10. The zero-order chi connectivity index (χ0) is 36.7. The van der Waals surface area contributed by atoms with Crippen LogP contribution in [0.4, 0.5) is 17.1 Å². The molecule has 0 amide bonds. The van der Waals surface area contributed by atoms with Gasteiger partial charge in [-0.3, -0.25) is 0 Å². The summed E-state index contributed by atoms with van der Waals surface area (Å²) < 4.78 is 2.48. The summed E-state index contributed by atoms with van der Waals surface area (Å²) in [6.07, 6.45) is 0. The van der Waals surface area contributed by atoms with Gasteiger partial charge in [-0.05, 0) is 98.8 Å². The van der Waals surface area contributed by atoms with Gasteiger partial charge in [0, 0.05) is 49.7 Å². The maximum absolute atomic E-state index is 2.48. The van der Waals surface area contributed by atoms with Crippen LogP contribution in [-0.4, -0.2) is 4.57 Å². The monoisotopic (exact) mass is 702 g/mol. The summed E-state index contributed by atoms with van der Waals surface area (Å²) >= 11 is 0. The van der Waals surface area contributed by atoms with E-state index in [1.54, 1.807) is 0 Å². The van der Waals surface area contributed by atoms with Gasteiger partial charge >= 0.3 is 0 Å². The number of rotatable bonds is 5. The SMILES string of the molecule is CC1(C)c2ccccc2-c2ccc(N(c3ccccc3)c3ccc(-c4cc5c6ccc7ccccc7c6n(-c6ccccc6)c5c5ccccc45)cc3)cc21. The Balaban J connectivity index is 1.10. The van der Waals surface area contributed by atoms with Crippen LogP contribution in [0.5, 0.6) is 0 Å². The lowest BCUT2D eigenvalue weighted by Gasteiger charge is -2.28. The normalized spacial score (nSPS) is 13.1. The van der Waals surface area contributed by atoms with Gasteiger partial charge in [-0.2, -0.15) is 0 Å². The Kier molecular flexibility index (Phi) is 6.93. The second-order valence-corrected chi connectivity index (χ2v) is 15.3. The molecule has 0 spiro atoms. The number of hydrogen-bond acceptors (Lipinski definition) is 1. The molecule has 0 saturated heterocycles. The van der Waals surface area contributed by atoms with Crippen molar-refractivity contribution in [2.24, 2.45) is 0 Å². The fourth-order valence-corrected chi connectivity index (χ4v) is 9.35. The van der Waals surface area contributed by atoms with E-state index in [-0.39, 0.29) is 5.41 Å². The Morgan fingerprint density at radius 3 is 1.76 bits per heavy atom. The van der Waals surface area contributed by atoms with E-state index in [0.717, 1.165) is 17.1 Å². The number of nitrogens with zero attached hydrogens (tertiary/aromatic N) is 2. The smallest absolute Gasteiger partial charge is 0.0620 e. The quantitative estimate of drug-likeness (QED) is 0.173. The first-order chi connectivity index (χ1) is 27.1. The van der Waals surface area contributed by atoms with E-state index in [1.165, 1.54) is 82.4 Å². The molecule has 0 atom stereocenters. The van der Waals surface area contributed by atoms with Gasteiger partial charge in [-0.1, -0.05) is 153 Å². The van der Waals surface area contributed by atoms with Crippen molar-refractivity contribution in [3.63, 3.8) is 0 Å². The summed E-state index contributed by atoms with van der Waals surface area (Å²) in [4.78, 5) is 2.39. The van der Waals surface area contributed by atoms with E-state index in [1.807, 2.05) is 0 Å². The van der Waals surface area contributed by atoms with Crippen molar-refractivity contribution in [1.29, 1.82) is 0 Å². The molecular weight excluding hydrogens is 665 g/mol. The Hall–Kier alpha value is -6.90. The van der Waals surface area contributed by atoms with E-state index in [2.05, 4.69) is 217 Å². The minimum absolute atomic E-state index is 0.0796. The van der Waals surface area contributed by atoms with E-state index in [9.17, 15) is 0 Å². The minimum atomic E-state index is -0.0796. The second kappa shape index (κ2) is 12.1. The Labute approximate surface area is 321 Å². The first-order valence-corrected chi connectivity index (χ1v) is 19.2. The summed E-state index contributed by atoms with van der Waals surface area (Å²) in [6.45, 7) is 4.70. The highest BCUT2D eigenvalue weighted by molar-refractivity contribution is 6.26. The zero-order valence-corrected chi connectivity index (χ0v) is 30.9. The largest absolute Gasteiger partial charge is 0.310 e. The second-order valence-electron chi connectivity index (χ2n) is 15.3. The molecule has 0 N–H and O–H groups in total. The summed E-state index contributed by atoms with van der Waals surface area (Å²) in [7, 11) is 0. The third-order valence-corrected chi connectivity index (χ3v) is 11.9. The highest BCUT2D eigenvalue weighted by Gasteiger charge is 2.35. The topological polar surface area (TPSA) is 8.17 Å². The van der Waals surface area contributed by atoms with E-state index in [4.69, 9.17) is 0 Å². The lowest BCUT2D eigenvalue weighted by atomic mass is 9.82. The summed E-state index contributed by atoms with van der Waals surface area (Å²) in [5.41, 5.74) is 14.9. The molecule has 2 heteroatoms. The first kappa shape index (κ1) is 31.6. The number of anilines is 3. The van der Waals surface area contributed by atoms with Crippen LogP contribution in [0.1, 0.15) is 25.0 Å². The molecule has 0 fully saturated rings. The molecule has 1 aliphatic rings. The van der Waals surface area contributed by atoms with E-state index >= 15 is 0 Å². The molecule has 0 unspecified atom stereocenters. The van der Waals surface area contributed by atoms with Crippen LogP contribution in [0.15, 0.2) is 194 Å². The molecule has 1 aromatic heterocycles. The van der Waals surface area contributed by atoms with Crippen LogP contribution in [-0.2, 0) is 5.41 Å². The maximum Gasteiger partial charge on any atom is 0.0620 e. The molecule has 10 aromatic rings. The summed E-state index contributed by atoms with van der Waals surface area (Å²) in [5.74, 6) is 0. The molecule has 0 saturated carbocycles. The van der Waals surface area contributed by atoms with Crippen molar-refractivity contribution < 1.29 is 0 Å². The van der Waals surface area contributed by atoms with Gasteiger partial charge < -0.3 is 9.47 Å². The number of aromatic nitrogens is 1. The highest BCUT2D eigenvalue weighted by atomic mass is 15.1. The maximum atomic E-state index is 2.48. The van der Waals surface area contributed by atoms with Gasteiger partial charge in [0.05, 0.1) is 11.0 Å². The van der Waals surface area contributed by atoms with Gasteiger partial charge in [-0.25, -0.2) is 0 Å². The Morgan fingerprint density at radius 1 is 0.382 bits per heavy atom. The van der Waals surface area contributed by atoms with Gasteiger partial charge in [0.15, 0.2) is 0 Å². The van der Waals surface area contributed by atoms with Crippen molar-refractivity contribution in [3.05, 3.63) is 205 Å². The average molecular weight is 703 g/mol. The third kappa shape index (κ3) is 4.74. The highest BCUT2D eigenvalue weighted by Crippen LogP contribution is 2.51. The van der Waals surface area contributed by atoms with Crippen molar-refractivity contribution in [1.82, 2.24) is 4.57 Å². The number of hydrogen-bond donors (Lipinski definition) is 0. The standard InChI is InChI=1S/C53H38N2/c1-53(2)49-24-14-13-22-43(49)44-32-30-40(33-50(44)53)54(37-16-5-3-6-17-37)39-28-25-36(26-29-39)47-34-48-46-31-27-35-15-9-10-20-41(35)51(46)55(38-18-7-4-8-19-38)52(48)45-23-12-11-21-42(45)47/h3-34H,1-2H3. The third-order valence-electron chi connectivity index (χ3n) is 11.9. The summed E-state index contributed by atoms with van der Waals surface area (Å²) in [6, 6.07) is 71.3. The average Bonchev–Trinajstić information content (AvgIpc) is 3.70. The number of para-hydroxylation sites is 2. The fraction of sp³-hybridized carbons (Fsp3) is 0.0566. The molecule has 1 heterocycles. The van der Waals surface area contributed by atoms with Crippen LogP contribution in [0, 0.1) is 0 Å². The van der Waals surface area contributed by atoms with Gasteiger partial charge in [-0.15, -0.1) is 0 Å². The molecule has 0 aliphatic heterocycles. The van der Waals surface area contributed by atoms with Crippen molar-refractivity contribution in [2.45, 2.75) is 19.3 Å². The molecule has 9 aromatic carbocycles. The van der Waals surface area contributed by atoms with Gasteiger partial charge in [0.2, 0.25) is 0 Å². The molecule has 11 rings (SSSR count). The van der Waals surface area contributed by atoms with Crippen molar-refractivity contribution >= 4 is 60.4 Å². The number of benzene rings is 9. The first-order valence-electron chi connectivity index (χ1n) is 19.2. The van der Waals surface area contributed by atoms with Crippen molar-refractivity contribution in [3.8, 4) is 27.9 Å². The van der Waals surface area contributed by atoms with Crippen LogP contribution < -0.4 is 4.90 Å². The summed E-state index contributed by atoms with van der Waals surface area (Å²) in [5, 5.41) is 7.51. The predicted molar refractivity (Wildman–Crippen MR) is 233 cm³/mol. The van der Waals surface area contributed by atoms with Gasteiger partial charge in [0.1, 0.15) is 0 Å². The molecular formula is C53H38N2. The van der Waals surface area contributed by atoms with E-state index < -0.39 is 0 Å². The Bertz CT molecular complexity index is 3100. The van der Waals surface area contributed by atoms with Crippen LogP contribution >= 0.6 is 0 Å². The minimum Gasteiger partial charge on any atom is -0.310 e. The molecule has 1 aliphatic carbocycles. The molecule has 2 nitrogen and oxygen atoms in total. The predicted octanol–water partition coefficient (Wildman–Crippen LogP) is 14.5. The lowest BCUT2D eigenvalue weighted by molar-refractivity contribution is 0.660. The van der Waals surface area contributed by atoms with Gasteiger partial charge in [0.25, 0.3) is 0 Å². The molecule has 0 bridgehead atoms. The lowest BCUT2D eigenvalue weighted by Crippen LogP contribution is -2.16. The molecule has 55 heavy (non-hydrogen) atoms. The molecule has 0 radical (unpaired) electrons. The molecule has 260 valence electrons. The van der Waals surface area contributed by atoms with Crippen molar-refractivity contribution in [2.75, 3.05) is 4.90 Å². The Morgan fingerprint density at radius 2 is 0.964 bits per heavy atom. The van der Waals surface area contributed by atoms with E-state index in [0.29, 0.717) is 0 Å². The van der Waals surface area contributed by atoms with Crippen LogP contribution in [0.25, 0.3) is 71.3 Å².